The highest BCUT2D eigenvalue weighted by atomic mass is 35.5. The van der Waals surface area contributed by atoms with E-state index in [-0.39, 0.29) is 17.5 Å². The first-order valence-corrected chi connectivity index (χ1v) is 8.05. The Hall–Kier alpha value is -3.59. The van der Waals surface area contributed by atoms with E-state index in [1.165, 1.54) is 16.8 Å². The Morgan fingerprint density at radius 2 is 1.85 bits per heavy atom. The molecular weight excluding hydrogens is 375 g/mol. The van der Waals surface area contributed by atoms with Crippen LogP contribution in [0.25, 0.3) is 17.2 Å². The number of carbonyl (C=O) groups excluding carboxylic acids is 1. The van der Waals surface area contributed by atoms with Gasteiger partial charge >= 0.3 is 11.8 Å². The molecule has 10 heteroatoms. The number of nitrogens with one attached hydrogen (secondary N) is 1. The molecule has 0 aliphatic rings. The van der Waals surface area contributed by atoms with Gasteiger partial charge in [0.05, 0.1) is 11.9 Å². The van der Waals surface area contributed by atoms with Crippen LogP contribution in [-0.4, -0.2) is 31.0 Å². The number of hydrogen-bond acceptors (Lipinski definition) is 6. The molecule has 0 bridgehead atoms. The van der Waals surface area contributed by atoms with Crippen molar-refractivity contribution >= 4 is 23.2 Å². The number of anilines is 1. The van der Waals surface area contributed by atoms with E-state index < -0.39 is 5.91 Å². The minimum Gasteiger partial charge on any atom is -0.328 e. The quantitative estimate of drug-likeness (QED) is 0.579. The first-order valence-electron chi connectivity index (χ1n) is 7.68. The zero-order chi connectivity index (χ0) is 18.8. The first-order chi connectivity index (χ1) is 13.1. The summed E-state index contributed by atoms with van der Waals surface area (Å²) in [5, 5.41) is 14.8. The van der Waals surface area contributed by atoms with Gasteiger partial charge in [0, 0.05) is 10.7 Å². The molecule has 0 radical (unpaired) electrons. The third-order valence-electron chi connectivity index (χ3n) is 3.54. The van der Waals surface area contributed by atoms with Gasteiger partial charge in [-0.1, -0.05) is 22.0 Å². The number of halogens is 2. The number of rotatable bonds is 4. The highest BCUT2D eigenvalue weighted by Gasteiger charge is 2.18. The lowest BCUT2D eigenvalue weighted by molar-refractivity contribution is 0.0981. The summed E-state index contributed by atoms with van der Waals surface area (Å²) in [7, 11) is 0. The van der Waals surface area contributed by atoms with Crippen molar-refractivity contribution in [2.75, 3.05) is 5.32 Å². The lowest BCUT2D eigenvalue weighted by Crippen LogP contribution is -2.12. The number of nitrogens with zero attached hydrogens (tertiary/aromatic N) is 5. The van der Waals surface area contributed by atoms with E-state index in [0.717, 1.165) is 0 Å². The summed E-state index contributed by atoms with van der Waals surface area (Å²) in [6, 6.07) is 12.3. The van der Waals surface area contributed by atoms with Crippen molar-refractivity contribution in [1.82, 2.24) is 25.1 Å². The molecule has 0 fully saturated rings. The molecule has 1 amide bonds. The molecule has 4 rings (SSSR count). The molecule has 0 spiro atoms. The lowest BCUT2D eigenvalue weighted by Gasteiger charge is -2.01. The molecule has 0 atom stereocenters. The van der Waals surface area contributed by atoms with Crippen LogP contribution in [0.3, 0.4) is 0 Å². The normalized spacial score (nSPS) is 10.7. The standard InChI is InChI=1S/C17H10ClFN6O2/c18-10-1-5-12(6-2-10)20-16(26)17-21-15(23-27-17)14-9-25(24-22-14)13-7-3-11(19)4-8-13/h1-9H,(H,20,26). The Morgan fingerprint density at radius 3 is 2.59 bits per heavy atom. The molecule has 0 aliphatic heterocycles. The second-order valence-electron chi connectivity index (χ2n) is 5.41. The van der Waals surface area contributed by atoms with Crippen molar-refractivity contribution in [1.29, 1.82) is 0 Å². The largest absolute Gasteiger partial charge is 0.328 e. The molecule has 2 aromatic heterocycles. The van der Waals surface area contributed by atoms with Gasteiger partial charge in [0.25, 0.3) is 0 Å². The number of hydrogen-bond donors (Lipinski definition) is 1. The lowest BCUT2D eigenvalue weighted by atomic mass is 10.3. The Labute approximate surface area is 156 Å². The molecule has 0 saturated heterocycles. The summed E-state index contributed by atoms with van der Waals surface area (Å²) in [5.74, 6) is -1.04. The van der Waals surface area contributed by atoms with Crippen molar-refractivity contribution in [2.45, 2.75) is 0 Å². The molecule has 8 nitrogen and oxygen atoms in total. The number of carbonyl (C=O) groups is 1. The number of aromatic nitrogens is 5. The Morgan fingerprint density at radius 1 is 1.11 bits per heavy atom. The maximum absolute atomic E-state index is 13.0. The minimum atomic E-state index is -0.568. The van der Waals surface area contributed by atoms with Gasteiger partial charge in [-0.15, -0.1) is 5.10 Å². The predicted octanol–water partition coefficient (Wildman–Crippen LogP) is 3.36. The Balaban J connectivity index is 1.51. The molecule has 27 heavy (non-hydrogen) atoms. The van der Waals surface area contributed by atoms with Crippen molar-refractivity contribution in [2.24, 2.45) is 0 Å². The van der Waals surface area contributed by atoms with E-state index >= 15 is 0 Å². The van der Waals surface area contributed by atoms with Gasteiger partial charge in [-0.3, -0.25) is 4.79 Å². The molecule has 1 N–H and O–H groups in total. The van der Waals surface area contributed by atoms with Gasteiger partial charge in [0.15, 0.2) is 5.69 Å². The van der Waals surface area contributed by atoms with Crippen LogP contribution in [0.5, 0.6) is 0 Å². The zero-order valence-corrected chi connectivity index (χ0v) is 14.3. The molecule has 2 heterocycles. The summed E-state index contributed by atoms with van der Waals surface area (Å²) < 4.78 is 19.4. The van der Waals surface area contributed by atoms with Crippen molar-refractivity contribution < 1.29 is 13.7 Å². The summed E-state index contributed by atoms with van der Waals surface area (Å²) in [4.78, 5) is 16.2. The van der Waals surface area contributed by atoms with Gasteiger partial charge in [0.2, 0.25) is 5.82 Å². The monoisotopic (exact) mass is 384 g/mol. The molecule has 0 unspecified atom stereocenters. The van der Waals surface area contributed by atoms with E-state index in [0.29, 0.717) is 22.1 Å². The molecule has 134 valence electrons. The summed E-state index contributed by atoms with van der Waals surface area (Å²) in [6.07, 6.45) is 1.54. The van der Waals surface area contributed by atoms with Gasteiger partial charge in [-0.25, -0.2) is 9.07 Å². The fraction of sp³-hybridized carbons (Fsp3) is 0. The summed E-state index contributed by atoms with van der Waals surface area (Å²) >= 11 is 5.80. The van der Waals surface area contributed by atoms with Crippen molar-refractivity contribution in [3.05, 3.63) is 71.5 Å². The van der Waals surface area contributed by atoms with Crippen molar-refractivity contribution in [3.8, 4) is 17.2 Å². The maximum atomic E-state index is 13.0. The highest BCUT2D eigenvalue weighted by molar-refractivity contribution is 6.30. The zero-order valence-electron chi connectivity index (χ0n) is 13.5. The summed E-state index contributed by atoms with van der Waals surface area (Å²) in [5.41, 5.74) is 1.44. The first kappa shape index (κ1) is 16.9. The number of amides is 1. The van der Waals surface area contributed by atoms with Crippen LogP contribution in [0.4, 0.5) is 10.1 Å². The Kier molecular flexibility index (Phi) is 4.35. The van der Waals surface area contributed by atoms with E-state index in [9.17, 15) is 9.18 Å². The van der Waals surface area contributed by atoms with Crippen LogP contribution in [0.15, 0.2) is 59.3 Å². The van der Waals surface area contributed by atoms with E-state index in [2.05, 4.69) is 25.8 Å². The maximum Gasteiger partial charge on any atom is 0.316 e. The third-order valence-corrected chi connectivity index (χ3v) is 3.79. The smallest absolute Gasteiger partial charge is 0.316 e. The molecular formula is C17H10ClFN6O2. The van der Waals surface area contributed by atoms with E-state index in [1.807, 2.05) is 0 Å². The molecule has 2 aromatic carbocycles. The van der Waals surface area contributed by atoms with E-state index in [1.54, 1.807) is 42.6 Å². The second kappa shape index (κ2) is 6.96. The van der Waals surface area contributed by atoms with Gasteiger partial charge in [0.1, 0.15) is 5.82 Å². The second-order valence-corrected chi connectivity index (χ2v) is 5.85. The van der Waals surface area contributed by atoms with Gasteiger partial charge in [-0.05, 0) is 48.5 Å². The van der Waals surface area contributed by atoms with Gasteiger partial charge in [-0.2, -0.15) is 4.98 Å². The molecule has 4 aromatic rings. The number of benzene rings is 2. The van der Waals surface area contributed by atoms with E-state index in [4.69, 9.17) is 16.1 Å². The highest BCUT2D eigenvalue weighted by Crippen LogP contribution is 2.17. The van der Waals surface area contributed by atoms with Crippen LogP contribution in [-0.2, 0) is 0 Å². The molecule has 0 saturated carbocycles. The average Bonchev–Trinajstić information content (AvgIpc) is 3.33. The van der Waals surface area contributed by atoms with Crippen LogP contribution < -0.4 is 5.32 Å². The fourth-order valence-corrected chi connectivity index (χ4v) is 2.35. The van der Waals surface area contributed by atoms with Crippen LogP contribution >= 0.6 is 11.6 Å². The SMILES string of the molecule is O=C(Nc1ccc(Cl)cc1)c1nc(-c2cn(-c3ccc(F)cc3)nn2)no1. The van der Waals surface area contributed by atoms with Crippen LogP contribution in [0.2, 0.25) is 5.02 Å². The minimum absolute atomic E-state index is 0.101. The van der Waals surface area contributed by atoms with Gasteiger partial charge < -0.3 is 9.84 Å². The van der Waals surface area contributed by atoms with Crippen molar-refractivity contribution in [3.63, 3.8) is 0 Å². The topological polar surface area (TPSA) is 98.7 Å². The molecule has 0 aliphatic carbocycles. The van der Waals surface area contributed by atoms with Crippen LogP contribution in [0, 0.1) is 5.82 Å². The Bertz CT molecular complexity index is 1090. The fourth-order valence-electron chi connectivity index (χ4n) is 2.22. The predicted molar refractivity (Wildman–Crippen MR) is 94.0 cm³/mol. The third kappa shape index (κ3) is 3.67. The summed E-state index contributed by atoms with van der Waals surface area (Å²) in [6.45, 7) is 0. The average molecular weight is 385 g/mol. The van der Waals surface area contributed by atoms with Crippen LogP contribution in [0.1, 0.15) is 10.7 Å².